The summed E-state index contributed by atoms with van der Waals surface area (Å²) in [6.07, 6.45) is 5.66. The number of carbonyl (C=O) groups excluding carboxylic acids is 1. The van der Waals surface area contributed by atoms with E-state index in [1.807, 2.05) is 20.9 Å². The summed E-state index contributed by atoms with van der Waals surface area (Å²) in [6.45, 7) is 4.51. The molecule has 0 spiro atoms. The summed E-state index contributed by atoms with van der Waals surface area (Å²) in [5, 5.41) is 4.08. The Labute approximate surface area is 112 Å². The first-order valence-corrected chi connectivity index (χ1v) is 6.24. The van der Waals surface area contributed by atoms with E-state index in [-0.39, 0.29) is 5.78 Å². The molecule has 0 atom stereocenters. The molecule has 0 fully saturated rings. The van der Waals surface area contributed by atoms with Crippen LogP contribution in [0.25, 0.3) is 0 Å². The van der Waals surface area contributed by atoms with E-state index in [9.17, 15) is 4.79 Å². The molecule has 0 aliphatic rings. The van der Waals surface area contributed by atoms with Crippen LogP contribution in [0.5, 0.6) is 5.75 Å². The SMILES string of the molecule is CCCOc1cncc(C(=O)c2cnn(C)c2C)c1. The number of carbonyl (C=O) groups is 1. The van der Waals surface area contributed by atoms with Crippen molar-refractivity contribution in [3.05, 3.63) is 41.5 Å². The summed E-state index contributed by atoms with van der Waals surface area (Å²) >= 11 is 0. The van der Waals surface area contributed by atoms with Crippen LogP contribution in [0.2, 0.25) is 0 Å². The first kappa shape index (κ1) is 13.3. The number of hydrogen-bond donors (Lipinski definition) is 0. The average molecular weight is 259 g/mol. The second-order valence-electron chi connectivity index (χ2n) is 4.35. The predicted octanol–water partition coefficient (Wildman–Crippen LogP) is 2.14. The van der Waals surface area contributed by atoms with Crippen molar-refractivity contribution in [2.24, 2.45) is 7.05 Å². The number of pyridine rings is 1. The van der Waals surface area contributed by atoms with Gasteiger partial charge in [0.05, 0.1) is 24.6 Å². The highest BCUT2D eigenvalue weighted by Gasteiger charge is 2.15. The molecule has 5 nitrogen and oxygen atoms in total. The molecule has 5 heteroatoms. The Hall–Kier alpha value is -2.17. The normalized spacial score (nSPS) is 10.5. The van der Waals surface area contributed by atoms with E-state index in [0.29, 0.717) is 23.5 Å². The third-order valence-electron chi connectivity index (χ3n) is 2.93. The molecule has 0 radical (unpaired) electrons. The van der Waals surface area contributed by atoms with Gasteiger partial charge < -0.3 is 4.74 Å². The quantitative estimate of drug-likeness (QED) is 0.772. The third-order valence-corrected chi connectivity index (χ3v) is 2.93. The molecule has 0 bridgehead atoms. The lowest BCUT2D eigenvalue weighted by Crippen LogP contribution is -2.05. The Morgan fingerprint density at radius 3 is 2.79 bits per heavy atom. The highest BCUT2D eigenvalue weighted by atomic mass is 16.5. The molecule has 0 amide bonds. The summed E-state index contributed by atoms with van der Waals surface area (Å²) in [5.74, 6) is 0.536. The molecule has 0 aromatic carbocycles. The van der Waals surface area contributed by atoms with Crippen LogP contribution >= 0.6 is 0 Å². The highest BCUT2D eigenvalue weighted by molar-refractivity contribution is 6.09. The smallest absolute Gasteiger partial charge is 0.198 e. The summed E-state index contributed by atoms with van der Waals surface area (Å²) in [7, 11) is 1.81. The van der Waals surface area contributed by atoms with Gasteiger partial charge in [-0.05, 0) is 19.4 Å². The lowest BCUT2D eigenvalue weighted by Gasteiger charge is -2.05. The maximum atomic E-state index is 12.4. The summed E-state index contributed by atoms with van der Waals surface area (Å²) in [4.78, 5) is 16.4. The van der Waals surface area contributed by atoms with Gasteiger partial charge in [0.15, 0.2) is 5.78 Å². The van der Waals surface area contributed by atoms with Crippen molar-refractivity contribution in [3.8, 4) is 5.75 Å². The molecule has 0 saturated heterocycles. The Morgan fingerprint density at radius 2 is 2.16 bits per heavy atom. The number of hydrogen-bond acceptors (Lipinski definition) is 4. The molecule has 100 valence electrons. The molecule has 0 saturated carbocycles. The monoisotopic (exact) mass is 259 g/mol. The van der Waals surface area contributed by atoms with Gasteiger partial charge in [0.1, 0.15) is 5.75 Å². The molecular formula is C14H17N3O2. The Morgan fingerprint density at radius 1 is 1.37 bits per heavy atom. The fourth-order valence-electron chi connectivity index (χ4n) is 1.72. The average Bonchev–Trinajstić information content (AvgIpc) is 2.76. The first-order chi connectivity index (χ1) is 9.13. The van der Waals surface area contributed by atoms with Crippen molar-refractivity contribution in [3.63, 3.8) is 0 Å². The molecule has 2 rings (SSSR count). The molecule has 0 N–H and O–H groups in total. The fraction of sp³-hybridized carbons (Fsp3) is 0.357. The van der Waals surface area contributed by atoms with Gasteiger partial charge in [0.25, 0.3) is 0 Å². The number of ether oxygens (including phenoxy) is 1. The number of ketones is 1. The van der Waals surface area contributed by atoms with E-state index in [1.165, 1.54) is 0 Å². The number of aryl methyl sites for hydroxylation is 1. The molecule has 0 aliphatic carbocycles. The van der Waals surface area contributed by atoms with Gasteiger partial charge in [0.2, 0.25) is 0 Å². The Balaban J connectivity index is 2.26. The zero-order valence-electron chi connectivity index (χ0n) is 11.4. The van der Waals surface area contributed by atoms with Crippen LogP contribution in [0.1, 0.15) is 35.0 Å². The van der Waals surface area contributed by atoms with Gasteiger partial charge >= 0.3 is 0 Å². The minimum atomic E-state index is -0.0833. The second-order valence-corrected chi connectivity index (χ2v) is 4.35. The second kappa shape index (κ2) is 5.65. The van der Waals surface area contributed by atoms with Crippen molar-refractivity contribution >= 4 is 5.78 Å². The van der Waals surface area contributed by atoms with Gasteiger partial charge in [-0.15, -0.1) is 0 Å². The third kappa shape index (κ3) is 2.81. The van der Waals surface area contributed by atoms with Gasteiger partial charge in [-0.2, -0.15) is 5.10 Å². The Bertz CT molecular complexity index is 590. The number of rotatable bonds is 5. The molecule has 2 aromatic heterocycles. The maximum absolute atomic E-state index is 12.4. The molecule has 0 unspecified atom stereocenters. The van der Waals surface area contributed by atoms with Crippen molar-refractivity contribution in [2.45, 2.75) is 20.3 Å². The van der Waals surface area contributed by atoms with E-state index >= 15 is 0 Å². The molecule has 0 aliphatic heterocycles. The topological polar surface area (TPSA) is 57.0 Å². The van der Waals surface area contributed by atoms with Crippen LogP contribution in [0.15, 0.2) is 24.7 Å². The zero-order chi connectivity index (χ0) is 13.8. The van der Waals surface area contributed by atoms with Crippen molar-refractivity contribution in [1.29, 1.82) is 0 Å². The van der Waals surface area contributed by atoms with Gasteiger partial charge in [-0.3, -0.25) is 14.5 Å². The van der Waals surface area contributed by atoms with Gasteiger partial charge in [-0.1, -0.05) is 6.92 Å². The summed E-state index contributed by atoms with van der Waals surface area (Å²) < 4.78 is 7.16. The van der Waals surface area contributed by atoms with E-state index in [1.54, 1.807) is 29.3 Å². The maximum Gasteiger partial charge on any atom is 0.198 e. The van der Waals surface area contributed by atoms with E-state index in [0.717, 1.165) is 12.1 Å². The molecule has 2 aromatic rings. The fourth-order valence-corrected chi connectivity index (χ4v) is 1.72. The lowest BCUT2D eigenvalue weighted by molar-refractivity contribution is 0.103. The molecule has 2 heterocycles. The zero-order valence-corrected chi connectivity index (χ0v) is 11.4. The van der Waals surface area contributed by atoms with Crippen molar-refractivity contribution < 1.29 is 9.53 Å². The lowest BCUT2D eigenvalue weighted by atomic mass is 10.1. The van der Waals surface area contributed by atoms with E-state index < -0.39 is 0 Å². The van der Waals surface area contributed by atoms with Crippen LogP contribution in [0.3, 0.4) is 0 Å². The van der Waals surface area contributed by atoms with Crippen molar-refractivity contribution in [2.75, 3.05) is 6.61 Å². The Kier molecular flexibility index (Phi) is 3.94. The first-order valence-electron chi connectivity index (χ1n) is 6.24. The van der Waals surface area contributed by atoms with E-state index in [2.05, 4.69) is 10.1 Å². The predicted molar refractivity (Wildman–Crippen MR) is 71.4 cm³/mol. The molecule has 19 heavy (non-hydrogen) atoms. The van der Waals surface area contributed by atoms with Gasteiger partial charge in [-0.25, -0.2) is 0 Å². The summed E-state index contributed by atoms with van der Waals surface area (Å²) in [5.41, 5.74) is 1.95. The minimum absolute atomic E-state index is 0.0833. The standard InChI is InChI=1S/C14H17N3O2/c1-4-5-19-12-6-11(7-15-8-12)14(18)13-9-16-17(3)10(13)2/h6-9H,4-5H2,1-3H3. The van der Waals surface area contributed by atoms with Gasteiger partial charge in [0, 0.05) is 24.5 Å². The molecular weight excluding hydrogens is 242 g/mol. The van der Waals surface area contributed by atoms with Crippen molar-refractivity contribution in [1.82, 2.24) is 14.8 Å². The largest absolute Gasteiger partial charge is 0.492 e. The minimum Gasteiger partial charge on any atom is -0.492 e. The van der Waals surface area contributed by atoms with Crippen LogP contribution in [0.4, 0.5) is 0 Å². The van der Waals surface area contributed by atoms with Crippen LogP contribution in [0, 0.1) is 6.92 Å². The highest BCUT2D eigenvalue weighted by Crippen LogP contribution is 2.17. The number of aromatic nitrogens is 3. The van der Waals surface area contributed by atoms with Crippen LogP contribution in [-0.4, -0.2) is 27.2 Å². The van der Waals surface area contributed by atoms with E-state index in [4.69, 9.17) is 4.74 Å². The van der Waals surface area contributed by atoms with Crippen LogP contribution < -0.4 is 4.74 Å². The summed E-state index contributed by atoms with van der Waals surface area (Å²) in [6, 6.07) is 1.72. The number of nitrogens with zero attached hydrogens (tertiary/aromatic N) is 3. The van der Waals surface area contributed by atoms with Crippen LogP contribution in [-0.2, 0) is 7.05 Å².